The largest absolute Gasteiger partial charge is 0.354 e. The number of aryl methyl sites for hydroxylation is 1. The number of benzene rings is 2. The second-order valence-electron chi connectivity index (χ2n) is 6.32. The normalized spacial score (nSPS) is 18.0. The highest BCUT2D eigenvalue weighted by Crippen LogP contribution is 2.42. The van der Waals surface area contributed by atoms with Crippen LogP contribution in [0.25, 0.3) is 0 Å². The summed E-state index contributed by atoms with van der Waals surface area (Å²) in [6.45, 7) is 2.00. The third kappa shape index (κ3) is 4.06. The molecule has 5 nitrogen and oxygen atoms in total. The molecule has 28 heavy (non-hydrogen) atoms. The van der Waals surface area contributed by atoms with Crippen LogP contribution in [-0.4, -0.2) is 24.1 Å². The number of carbonyl (C=O) groups is 2. The van der Waals surface area contributed by atoms with Gasteiger partial charge < -0.3 is 5.32 Å². The van der Waals surface area contributed by atoms with Crippen molar-refractivity contribution in [3.63, 3.8) is 0 Å². The quantitative estimate of drug-likeness (QED) is 0.613. The molecule has 2 aromatic carbocycles. The number of halogens is 1. The number of nitrogens with zero attached hydrogens (tertiary/aromatic N) is 2. The summed E-state index contributed by atoms with van der Waals surface area (Å²) in [7, 11) is 1.46. The fourth-order valence-corrected chi connectivity index (χ4v) is 4.31. The van der Waals surface area contributed by atoms with Gasteiger partial charge in [-0.15, -0.1) is 0 Å². The average Bonchev–Trinajstić information content (AvgIpc) is 3.00. The number of nitrogens with one attached hydrogen (secondary N) is 1. The Balaban J connectivity index is 2.03. The molecule has 3 rings (SSSR count). The average molecular weight is 412 g/mol. The van der Waals surface area contributed by atoms with Gasteiger partial charge in [-0.1, -0.05) is 53.2 Å². The minimum absolute atomic E-state index is 0.0813. The van der Waals surface area contributed by atoms with Crippen LogP contribution in [0, 0.1) is 18.3 Å². The highest BCUT2D eigenvalue weighted by Gasteiger charge is 2.40. The SMILES string of the molecule is CNC(=O)/C(C#N)=C1\S[C@@H](Cc2ccc(C)cc2)C(=O)N1c1ccc(Cl)cc1. The van der Waals surface area contributed by atoms with Crippen molar-refractivity contribution in [1.29, 1.82) is 5.26 Å². The molecule has 1 atom stereocenters. The van der Waals surface area contributed by atoms with Crippen molar-refractivity contribution < 1.29 is 9.59 Å². The maximum absolute atomic E-state index is 13.2. The van der Waals surface area contributed by atoms with Gasteiger partial charge in [0.25, 0.3) is 5.91 Å². The standard InChI is InChI=1S/C21H18ClN3O2S/c1-13-3-5-14(6-4-13)11-18-20(27)25(16-9-7-15(22)8-10-16)21(28-18)17(12-23)19(26)24-2/h3-10,18H,11H2,1-2H3,(H,24,26)/b21-17-/t18-/m0/s1. The van der Waals surface area contributed by atoms with E-state index in [-0.39, 0.29) is 11.5 Å². The van der Waals surface area contributed by atoms with Crippen LogP contribution < -0.4 is 10.2 Å². The second kappa shape index (κ2) is 8.51. The zero-order chi connectivity index (χ0) is 20.3. The topological polar surface area (TPSA) is 73.2 Å². The second-order valence-corrected chi connectivity index (χ2v) is 7.95. The Morgan fingerprint density at radius 2 is 1.86 bits per heavy atom. The number of anilines is 1. The number of hydrogen-bond donors (Lipinski definition) is 1. The number of rotatable bonds is 4. The van der Waals surface area contributed by atoms with Gasteiger partial charge in [-0.25, -0.2) is 0 Å². The summed E-state index contributed by atoms with van der Waals surface area (Å²) in [6, 6.07) is 16.7. The first-order chi connectivity index (χ1) is 13.4. The predicted molar refractivity (Wildman–Crippen MR) is 112 cm³/mol. The fourth-order valence-electron chi connectivity index (χ4n) is 2.88. The van der Waals surface area contributed by atoms with Gasteiger partial charge in [0.2, 0.25) is 5.91 Å². The van der Waals surface area contributed by atoms with Gasteiger partial charge >= 0.3 is 0 Å². The lowest BCUT2D eigenvalue weighted by Gasteiger charge is -2.18. The lowest BCUT2D eigenvalue weighted by atomic mass is 10.1. The van der Waals surface area contributed by atoms with E-state index < -0.39 is 11.2 Å². The third-order valence-corrected chi connectivity index (χ3v) is 5.87. The van der Waals surface area contributed by atoms with Crippen LogP contribution in [0.4, 0.5) is 5.69 Å². The molecule has 1 N–H and O–H groups in total. The molecule has 0 aliphatic carbocycles. The number of nitriles is 1. The molecule has 1 fully saturated rings. The van der Waals surface area contributed by atoms with Crippen LogP contribution in [0.1, 0.15) is 11.1 Å². The first-order valence-corrected chi connectivity index (χ1v) is 9.88. The molecule has 1 saturated heterocycles. The summed E-state index contributed by atoms with van der Waals surface area (Å²) >= 11 is 7.21. The first-order valence-electron chi connectivity index (χ1n) is 8.62. The molecular formula is C21H18ClN3O2S. The maximum Gasteiger partial charge on any atom is 0.264 e. The van der Waals surface area contributed by atoms with E-state index in [2.05, 4.69) is 5.32 Å². The number of amides is 2. The molecule has 0 radical (unpaired) electrons. The van der Waals surface area contributed by atoms with Crippen molar-refractivity contribution in [2.24, 2.45) is 0 Å². The smallest absolute Gasteiger partial charge is 0.264 e. The Kier molecular flexibility index (Phi) is 6.08. The molecule has 0 aromatic heterocycles. The van der Waals surface area contributed by atoms with Crippen molar-refractivity contribution in [2.45, 2.75) is 18.6 Å². The monoisotopic (exact) mass is 411 g/mol. The van der Waals surface area contributed by atoms with Crippen molar-refractivity contribution in [3.8, 4) is 6.07 Å². The Morgan fingerprint density at radius 3 is 2.43 bits per heavy atom. The first kappa shape index (κ1) is 20.0. The lowest BCUT2D eigenvalue weighted by molar-refractivity contribution is -0.117. The number of thioether (sulfide) groups is 1. The van der Waals surface area contributed by atoms with Crippen molar-refractivity contribution in [2.75, 3.05) is 11.9 Å². The molecule has 142 valence electrons. The lowest BCUT2D eigenvalue weighted by Crippen LogP contribution is -2.31. The Hall–Kier alpha value is -2.75. The predicted octanol–water partition coefficient (Wildman–Crippen LogP) is 3.82. The van der Waals surface area contributed by atoms with Gasteiger partial charge in [-0.3, -0.25) is 14.5 Å². The summed E-state index contributed by atoms with van der Waals surface area (Å²) in [6.07, 6.45) is 0.504. The van der Waals surface area contributed by atoms with E-state index in [0.717, 1.165) is 11.1 Å². The molecule has 2 amide bonds. The van der Waals surface area contributed by atoms with Crippen molar-refractivity contribution in [3.05, 3.63) is 75.3 Å². The van der Waals surface area contributed by atoms with Crippen LogP contribution in [0.5, 0.6) is 0 Å². The molecule has 0 saturated carbocycles. The van der Waals surface area contributed by atoms with Gasteiger partial charge in [-0.05, 0) is 43.2 Å². The summed E-state index contributed by atoms with van der Waals surface area (Å²) < 4.78 is 0. The molecule has 0 bridgehead atoms. The van der Waals surface area contributed by atoms with Gasteiger partial charge in [0.15, 0.2) is 0 Å². The van der Waals surface area contributed by atoms with Crippen LogP contribution in [0.2, 0.25) is 5.02 Å². The van der Waals surface area contributed by atoms with E-state index in [0.29, 0.717) is 22.2 Å². The fraction of sp³-hybridized carbons (Fsp3) is 0.190. The number of carbonyl (C=O) groups excluding carboxylic acids is 2. The zero-order valence-electron chi connectivity index (χ0n) is 15.4. The van der Waals surface area contributed by atoms with Crippen molar-refractivity contribution >= 4 is 40.9 Å². The molecule has 0 unspecified atom stereocenters. The minimum atomic E-state index is -0.521. The zero-order valence-corrected chi connectivity index (χ0v) is 17.0. The molecule has 2 aromatic rings. The van der Waals surface area contributed by atoms with E-state index in [4.69, 9.17) is 11.6 Å². The maximum atomic E-state index is 13.2. The molecule has 1 aliphatic rings. The van der Waals surface area contributed by atoms with E-state index in [9.17, 15) is 14.9 Å². The summed E-state index contributed by atoms with van der Waals surface area (Å²) in [5.41, 5.74) is 2.65. The molecule has 1 heterocycles. The van der Waals surface area contributed by atoms with E-state index in [1.165, 1.54) is 23.7 Å². The Labute approximate surface area is 173 Å². The molecule has 1 aliphatic heterocycles. The summed E-state index contributed by atoms with van der Waals surface area (Å²) in [4.78, 5) is 26.8. The van der Waals surface area contributed by atoms with Gasteiger partial charge in [0, 0.05) is 17.8 Å². The van der Waals surface area contributed by atoms with Crippen LogP contribution in [0.15, 0.2) is 59.1 Å². The van der Waals surface area contributed by atoms with Crippen molar-refractivity contribution in [1.82, 2.24) is 5.32 Å². The van der Waals surface area contributed by atoms with Gasteiger partial charge in [0.1, 0.15) is 16.7 Å². The van der Waals surface area contributed by atoms with E-state index in [1.54, 1.807) is 24.3 Å². The van der Waals surface area contributed by atoms with E-state index >= 15 is 0 Å². The Morgan fingerprint density at radius 1 is 1.21 bits per heavy atom. The van der Waals surface area contributed by atoms with Crippen LogP contribution in [0.3, 0.4) is 0 Å². The summed E-state index contributed by atoms with van der Waals surface area (Å²) in [5, 5.41) is 12.5. The third-order valence-electron chi connectivity index (χ3n) is 4.36. The number of hydrogen-bond acceptors (Lipinski definition) is 4. The van der Waals surface area contributed by atoms with Crippen LogP contribution >= 0.6 is 23.4 Å². The Bertz CT molecular complexity index is 978. The molecule has 7 heteroatoms. The molecular weight excluding hydrogens is 394 g/mol. The van der Waals surface area contributed by atoms with E-state index in [1.807, 2.05) is 37.3 Å². The van der Waals surface area contributed by atoms with Gasteiger partial charge in [-0.2, -0.15) is 5.26 Å². The van der Waals surface area contributed by atoms with Crippen LogP contribution in [-0.2, 0) is 16.0 Å². The summed E-state index contributed by atoms with van der Waals surface area (Å²) in [5.74, 6) is -0.688. The number of likely N-dealkylation sites (N-methyl/N-ethyl adjacent to an activating group) is 1. The van der Waals surface area contributed by atoms with Gasteiger partial charge in [0.05, 0.1) is 5.25 Å². The highest BCUT2D eigenvalue weighted by atomic mass is 35.5. The minimum Gasteiger partial charge on any atom is -0.354 e. The molecule has 0 spiro atoms. The highest BCUT2D eigenvalue weighted by molar-refractivity contribution is 8.05.